The highest BCUT2D eigenvalue weighted by Gasteiger charge is 2.25. The lowest BCUT2D eigenvalue weighted by atomic mass is 10.1. The quantitative estimate of drug-likeness (QED) is 0.568. The van der Waals surface area contributed by atoms with Gasteiger partial charge in [0.25, 0.3) is 11.1 Å². The van der Waals surface area contributed by atoms with Gasteiger partial charge in [-0.25, -0.2) is 9.50 Å². The van der Waals surface area contributed by atoms with Gasteiger partial charge in [0.2, 0.25) is 0 Å². The molecule has 32 heavy (non-hydrogen) atoms. The minimum absolute atomic E-state index is 0.199. The van der Waals surface area contributed by atoms with E-state index in [-0.39, 0.29) is 11.8 Å². The van der Waals surface area contributed by atoms with Crippen LogP contribution in [0.25, 0.3) is 23.0 Å². The number of amides is 2. The van der Waals surface area contributed by atoms with Crippen LogP contribution < -0.4 is 10.2 Å². The van der Waals surface area contributed by atoms with Crippen molar-refractivity contribution in [2.24, 2.45) is 0 Å². The van der Waals surface area contributed by atoms with Crippen LogP contribution in [0.2, 0.25) is 0 Å². The van der Waals surface area contributed by atoms with Crippen molar-refractivity contribution in [1.82, 2.24) is 24.8 Å². The molecule has 0 aliphatic carbocycles. The minimum atomic E-state index is -0.402. The molecule has 0 spiro atoms. The molecule has 2 fully saturated rings. The van der Waals surface area contributed by atoms with Crippen LogP contribution in [0.5, 0.6) is 0 Å². The fourth-order valence-corrected chi connectivity index (χ4v) is 4.60. The van der Waals surface area contributed by atoms with Crippen LogP contribution in [0, 0.1) is 0 Å². The van der Waals surface area contributed by atoms with E-state index in [1.807, 2.05) is 6.07 Å². The van der Waals surface area contributed by atoms with Gasteiger partial charge in [0.1, 0.15) is 0 Å². The molecule has 0 unspecified atom stereocenters. The molecule has 1 aromatic carbocycles. The van der Waals surface area contributed by atoms with E-state index in [9.17, 15) is 9.59 Å². The molecule has 9 nitrogen and oxygen atoms in total. The third-order valence-electron chi connectivity index (χ3n) is 5.62. The zero-order chi connectivity index (χ0) is 22.1. The molecular formula is C22H22N6O3S. The highest BCUT2D eigenvalue weighted by atomic mass is 32.2. The van der Waals surface area contributed by atoms with Crippen molar-refractivity contribution in [2.45, 2.75) is 0 Å². The molecule has 2 amide bonds. The maximum Gasteiger partial charge on any atom is 0.290 e. The van der Waals surface area contributed by atoms with E-state index < -0.39 is 5.91 Å². The first-order chi connectivity index (χ1) is 15.6. The summed E-state index contributed by atoms with van der Waals surface area (Å²) in [6.07, 6.45) is 3.39. The number of hydrogen-bond donors (Lipinski definition) is 2. The summed E-state index contributed by atoms with van der Waals surface area (Å²) >= 11 is 0.871. The molecule has 3 aromatic rings. The van der Waals surface area contributed by atoms with E-state index >= 15 is 0 Å². The van der Waals surface area contributed by atoms with Crippen LogP contribution in [-0.4, -0.2) is 75.1 Å². The van der Waals surface area contributed by atoms with Crippen molar-refractivity contribution in [3.8, 4) is 11.3 Å². The van der Waals surface area contributed by atoms with E-state index in [0.29, 0.717) is 16.2 Å². The number of aromatic nitrogens is 3. The van der Waals surface area contributed by atoms with Crippen molar-refractivity contribution >= 4 is 40.3 Å². The van der Waals surface area contributed by atoms with Gasteiger partial charge in [0, 0.05) is 44.0 Å². The standard InChI is InChI=1S/C22H22N6O3S/c29-12-11-26-7-9-27(10-8-26)17-4-1-15(2-5-17)18-14-23-20-6-3-16(25-28(18)20)13-19-21(30)24-22(31)32-19/h1-6,13-14,29H,7-12H2,(H,24,30,31). The maximum atomic E-state index is 11.8. The molecule has 2 saturated heterocycles. The number of nitrogens with zero attached hydrogens (tertiary/aromatic N) is 5. The van der Waals surface area contributed by atoms with Gasteiger partial charge in [-0.2, -0.15) is 5.10 Å². The highest BCUT2D eigenvalue weighted by Crippen LogP contribution is 2.27. The molecule has 4 heterocycles. The first kappa shape index (κ1) is 20.7. The maximum absolute atomic E-state index is 11.8. The molecule has 10 heteroatoms. The molecule has 5 rings (SSSR count). The van der Waals surface area contributed by atoms with E-state index in [1.165, 1.54) is 5.69 Å². The predicted molar refractivity (Wildman–Crippen MR) is 123 cm³/mol. The third-order valence-corrected chi connectivity index (χ3v) is 6.43. The fourth-order valence-electron chi connectivity index (χ4n) is 3.93. The summed E-state index contributed by atoms with van der Waals surface area (Å²) in [4.78, 5) is 32.6. The van der Waals surface area contributed by atoms with Gasteiger partial charge in [0.05, 0.1) is 29.1 Å². The topological polar surface area (TPSA) is 103 Å². The molecule has 2 aromatic heterocycles. The Morgan fingerprint density at radius 3 is 2.53 bits per heavy atom. The number of carbonyl (C=O) groups excluding carboxylic acids is 2. The first-order valence-corrected chi connectivity index (χ1v) is 11.2. The normalized spacial score (nSPS) is 18.7. The average molecular weight is 451 g/mol. The summed E-state index contributed by atoms with van der Waals surface area (Å²) in [5.74, 6) is -0.402. The van der Waals surface area contributed by atoms with Gasteiger partial charge in [-0.3, -0.25) is 19.8 Å². The number of nitrogens with one attached hydrogen (secondary N) is 1. The second kappa shape index (κ2) is 8.73. The average Bonchev–Trinajstić information content (AvgIpc) is 3.36. The monoisotopic (exact) mass is 450 g/mol. The summed E-state index contributed by atoms with van der Waals surface area (Å²) < 4.78 is 1.74. The van der Waals surface area contributed by atoms with Crippen LogP contribution in [0.3, 0.4) is 0 Å². The third kappa shape index (κ3) is 4.12. The fraction of sp³-hybridized carbons (Fsp3) is 0.273. The Morgan fingerprint density at radius 1 is 1.06 bits per heavy atom. The van der Waals surface area contributed by atoms with E-state index in [0.717, 1.165) is 55.7 Å². The zero-order valence-electron chi connectivity index (χ0n) is 17.3. The second-order valence-corrected chi connectivity index (χ2v) is 8.64. The van der Waals surface area contributed by atoms with Gasteiger partial charge in [-0.15, -0.1) is 0 Å². The lowest BCUT2D eigenvalue weighted by Gasteiger charge is -2.35. The molecule has 2 aliphatic rings. The Kier molecular flexibility index (Phi) is 5.64. The number of anilines is 1. The first-order valence-electron chi connectivity index (χ1n) is 10.4. The number of rotatable bonds is 5. The van der Waals surface area contributed by atoms with Gasteiger partial charge in [-0.1, -0.05) is 12.1 Å². The second-order valence-electron chi connectivity index (χ2n) is 7.62. The molecule has 0 saturated carbocycles. The molecule has 2 N–H and O–H groups in total. The van der Waals surface area contributed by atoms with E-state index in [2.05, 4.69) is 49.5 Å². The number of β-amino-alcohol motifs (C(OH)–C–C–N with tert-alkyl or cyclic N) is 1. The number of thioether (sulfide) groups is 1. The molecule has 0 atom stereocenters. The van der Waals surface area contributed by atoms with Crippen LogP contribution in [-0.2, 0) is 4.79 Å². The Balaban J connectivity index is 1.37. The number of fused-ring (bicyclic) bond motifs is 1. The van der Waals surface area contributed by atoms with E-state index in [4.69, 9.17) is 5.11 Å². The SMILES string of the molecule is O=C1NC(=O)C(=Cc2ccc3ncc(-c4ccc(N5CCN(CCO)CC5)cc4)n3n2)S1. The highest BCUT2D eigenvalue weighted by molar-refractivity contribution is 8.18. The zero-order valence-corrected chi connectivity index (χ0v) is 18.1. The molecule has 0 bridgehead atoms. The van der Waals surface area contributed by atoms with Crippen molar-refractivity contribution in [2.75, 3.05) is 44.2 Å². The van der Waals surface area contributed by atoms with Crippen molar-refractivity contribution in [1.29, 1.82) is 0 Å². The van der Waals surface area contributed by atoms with Gasteiger partial charge < -0.3 is 10.0 Å². The number of aliphatic hydroxyl groups is 1. The van der Waals surface area contributed by atoms with E-state index in [1.54, 1.807) is 22.9 Å². The van der Waals surface area contributed by atoms with Gasteiger partial charge in [-0.05, 0) is 42.1 Å². The Morgan fingerprint density at radius 2 is 1.84 bits per heavy atom. The summed E-state index contributed by atoms with van der Waals surface area (Å²) in [5, 5.41) is 15.6. The van der Waals surface area contributed by atoms with Crippen LogP contribution >= 0.6 is 11.8 Å². The lowest BCUT2D eigenvalue weighted by Crippen LogP contribution is -2.47. The van der Waals surface area contributed by atoms with Crippen LogP contribution in [0.15, 0.2) is 47.5 Å². The van der Waals surface area contributed by atoms with Gasteiger partial charge in [0.15, 0.2) is 5.65 Å². The number of benzene rings is 1. The number of aliphatic hydroxyl groups excluding tert-OH is 1. The molecule has 2 aliphatic heterocycles. The number of carbonyl (C=O) groups is 2. The molecule has 0 radical (unpaired) electrons. The number of imidazole rings is 1. The van der Waals surface area contributed by atoms with Gasteiger partial charge >= 0.3 is 0 Å². The predicted octanol–water partition coefficient (Wildman–Crippen LogP) is 1.83. The summed E-state index contributed by atoms with van der Waals surface area (Å²) in [7, 11) is 0. The van der Waals surface area contributed by atoms with Crippen molar-refractivity contribution in [3.63, 3.8) is 0 Å². The Labute approximate surface area is 188 Å². The molecular weight excluding hydrogens is 428 g/mol. The summed E-state index contributed by atoms with van der Waals surface area (Å²) in [5.41, 5.74) is 4.27. The summed E-state index contributed by atoms with van der Waals surface area (Å²) in [6, 6.07) is 11.9. The largest absolute Gasteiger partial charge is 0.395 e. The van der Waals surface area contributed by atoms with Crippen molar-refractivity contribution < 1.29 is 14.7 Å². The Bertz CT molecular complexity index is 1200. The summed E-state index contributed by atoms with van der Waals surface area (Å²) in [6.45, 7) is 4.68. The minimum Gasteiger partial charge on any atom is -0.395 e. The number of imide groups is 1. The number of piperazine rings is 1. The number of hydrogen-bond acceptors (Lipinski definition) is 8. The lowest BCUT2D eigenvalue weighted by molar-refractivity contribution is -0.115. The van der Waals surface area contributed by atoms with Crippen LogP contribution in [0.1, 0.15) is 5.69 Å². The molecule has 164 valence electrons. The van der Waals surface area contributed by atoms with Crippen molar-refractivity contribution in [3.05, 3.63) is 53.2 Å². The Hall–Kier alpha value is -3.21. The smallest absolute Gasteiger partial charge is 0.290 e. The van der Waals surface area contributed by atoms with Crippen LogP contribution in [0.4, 0.5) is 10.5 Å².